The molecule has 5 heteroatoms. The normalized spacial score (nSPS) is 23.5. The van der Waals surface area contributed by atoms with Gasteiger partial charge >= 0.3 is 0 Å². The van der Waals surface area contributed by atoms with Crippen molar-refractivity contribution in [1.29, 1.82) is 0 Å². The maximum Gasteiger partial charge on any atom is 0.135 e. The lowest BCUT2D eigenvalue weighted by Gasteiger charge is -2.39. The molecule has 1 aromatic rings. The van der Waals surface area contributed by atoms with Gasteiger partial charge in [0.25, 0.3) is 0 Å². The highest BCUT2D eigenvalue weighted by Crippen LogP contribution is 2.38. The summed E-state index contributed by atoms with van der Waals surface area (Å²) in [6.07, 6.45) is 2.34. The van der Waals surface area contributed by atoms with Crippen molar-refractivity contribution < 1.29 is 4.74 Å². The molecular formula is C14H20Br2N2O. The molecule has 1 saturated heterocycles. The average molecular weight is 392 g/mol. The molecule has 0 amide bonds. The number of nitrogens with one attached hydrogen (secondary N) is 1. The molecule has 3 nitrogen and oxygen atoms in total. The van der Waals surface area contributed by atoms with Crippen LogP contribution in [-0.2, 0) is 0 Å². The van der Waals surface area contributed by atoms with Gasteiger partial charge in [-0.05, 0) is 64.7 Å². The summed E-state index contributed by atoms with van der Waals surface area (Å²) in [4.78, 5) is 2.45. The zero-order chi connectivity index (χ0) is 14.0. The van der Waals surface area contributed by atoms with Gasteiger partial charge in [-0.15, -0.1) is 0 Å². The molecule has 1 fully saturated rings. The summed E-state index contributed by atoms with van der Waals surface area (Å²) < 4.78 is 7.48. The molecule has 0 bridgehead atoms. The minimum Gasteiger partial charge on any atom is -0.495 e. The third kappa shape index (κ3) is 3.26. The molecule has 2 unspecified atom stereocenters. The Kier molecular flexibility index (Phi) is 5.15. The molecule has 1 aliphatic rings. The Morgan fingerprint density at radius 2 is 2.05 bits per heavy atom. The Balaban J connectivity index is 2.27. The van der Waals surface area contributed by atoms with Crippen LogP contribution in [0.5, 0.6) is 5.75 Å². The number of hydrogen-bond acceptors (Lipinski definition) is 3. The first kappa shape index (κ1) is 15.1. The zero-order valence-electron chi connectivity index (χ0n) is 11.5. The molecule has 1 aliphatic heterocycles. The number of methoxy groups -OCH3 is 1. The van der Waals surface area contributed by atoms with Crippen molar-refractivity contribution in [3.8, 4) is 5.75 Å². The largest absolute Gasteiger partial charge is 0.495 e. The monoisotopic (exact) mass is 390 g/mol. The predicted octanol–water partition coefficient (Wildman–Crippen LogP) is 3.80. The van der Waals surface area contributed by atoms with Gasteiger partial charge in [0, 0.05) is 29.2 Å². The fourth-order valence-corrected chi connectivity index (χ4v) is 4.07. The molecule has 1 N–H and O–H groups in total. The van der Waals surface area contributed by atoms with Crippen molar-refractivity contribution in [3.05, 3.63) is 21.1 Å². The maximum atomic E-state index is 5.40. The van der Waals surface area contributed by atoms with Crippen molar-refractivity contribution in [2.45, 2.75) is 31.8 Å². The fourth-order valence-electron chi connectivity index (χ4n) is 2.69. The first-order chi connectivity index (χ1) is 9.06. The van der Waals surface area contributed by atoms with Gasteiger partial charge < -0.3 is 15.0 Å². The van der Waals surface area contributed by atoms with Crippen LogP contribution in [0.2, 0.25) is 0 Å². The number of rotatable bonds is 3. The molecule has 0 saturated carbocycles. The van der Waals surface area contributed by atoms with E-state index in [2.05, 4.69) is 61.1 Å². The summed E-state index contributed by atoms with van der Waals surface area (Å²) in [5.74, 6) is 0.876. The van der Waals surface area contributed by atoms with E-state index in [-0.39, 0.29) is 0 Å². The first-order valence-electron chi connectivity index (χ1n) is 6.53. The van der Waals surface area contributed by atoms with Gasteiger partial charge in [0.2, 0.25) is 0 Å². The number of halogens is 2. The lowest BCUT2D eigenvalue weighted by atomic mass is 9.97. The molecule has 1 aromatic carbocycles. The van der Waals surface area contributed by atoms with E-state index in [0.717, 1.165) is 21.2 Å². The number of ether oxygens (including phenoxy) is 1. The van der Waals surface area contributed by atoms with E-state index >= 15 is 0 Å². The molecule has 1 heterocycles. The van der Waals surface area contributed by atoms with Crippen LogP contribution in [0.25, 0.3) is 0 Å². The molecule has 106 valence electrons. The van der Waals surface area contributed by atoms with Crippen molar-refractivity contribution in [1.82, 2.24) is 5.32 Å². The highest BCUT2D eigenvalue weighted by molar-refractivity contribution is 9.11. The molecule has 19 heavy (non-hydrogen) atoms. The van der Waals surface area contributed by atoms with E-state index in [1.807, 2.05) is 7.05 Å². The molecule has 0 spiro atoms. The summed E-state index contributed by atoms with van der Waals surface area (Å²) in [6, 6.07) is 5.31. The standard InChI is InChI=1S/C14H20Br2N2O/c1-9-6-10(17-2)4-5-18(9)13-8-14(19-3)12(16)7-11(13)15/h7-10,17H,4-6H2,1-3H3. The quantitative estimate of drug-likeness (QED) is 0.847. The predicted molar refractivity (Wildman–Crippen MR) is 87.3 cm³/mol. The zero-order valence-corrected chi connectivity index (χ0v) is 14.7. The Labute approximate surface area is 132 Å². The van der Waals surface area contributed by atoms with E-state index in [1.165, 1.54) is 18.5 Å². The van der Waals surface area contributed by atoms with Crippen molar-refractivity contribution in [2.75, 3.05) is 25.6 Å². The number of hydrogen-bond donors (Lipinski definition) is 1. The Morgan fingerprint density at radius 3 is 2.63 bits per heavy atom. The van der Waals surface area contributed by atoms with E-state index < -0.39 is 0 Å². The third-order valence-corrected chi connectivity index (χ3v) is 5.07. The molecule has 0 aliphatic carbocycles. The van der Waals surface area contributed by atoms with Crippen LogP contribution in [0.15, 0.2) is 21.1 Å². The van der Waals surface area contributed by atoms with Crippen LogP contribution in [-0.4, -0.2) is 32.8 Å². The van der Waals surface area contributed by atoms with Crippen molar-refractivity contribution in [2.24, 2.45) is 0 Å². The number of piperidine rings is 1. The van der Waals surface area contributed by atoms with Crippen LogP contribution < -0.4 is 15.0 Å². The molecule has 0 aromatic heterocycles. The first-order valence-corrected chi connectivity index (χ1v) is 8.12. The maximum absolute atomic E-state index is 5.40. The second-order valence-electron chi connectivity index (χ2n) is 4.99. The van der Waals surface area contributed by atoms with Gasteiger partial charge in [0.05, 0.1) is 17.3 Å². The van der Waals surface area contributed by atoms with E-state index in [0.29, 0.717) is 12.1 Å². The van der Waals surface area contributed by atoms with Gasteiger partial charge in [-0.1, -0.05) is 0 Å². The lowest BCUT2D eigenvalue weighted by molar-refractivity contribution is 0.385. The highest BCUT2D eigenvalue weighted by atomic mass is 79.9. The van der Waals surface area contributed by atoms with Gasteiger partial charge in [-0.3, -0.25) is 0 Å². The summed E-state index contributed by atoms with van der Waals surface area (Å²) in [5.41, 5.74) is 1.21. The minimum atomic E-state index is 0.522. The smallest absolute Gasteiger partial charge is 0.135 e. The van der Waals surface area contributed by atoms with Crippen LogP contribution in [0.4, 0.5) is 5.69 Å². The number of benzene rings is 1. The van der Waals surface area contributed by atoms with Crippen LogP contribution in [0, 0.1) is 0 Å². The van der Waals surface area contributed by atoms with Crippen molar-refractivity contribution in [3.63, 3.8) is 0 Å². The molecule has 0 radical (unpaired) electrons. The molecule has 2 rings (SSSR count). The highest BCUT2D eigenvalue weighted by Gasteiger charge is 2.26. The fraction of sp³-hybridized carbons (Fsp3) is 0.571. The van der Waals surface area contributed by atoms with E-state index in [9.17, 15) is 0 Å². The van der Waals surface area contributed by atoms with Crippen LogP contribution in [0.1, 0.15) is 19.8 Å². The van der Waals surface area contributed by atoms with Gasteiger partial charge in [-0.25, -0.2) is 0 Å². The number of anilines is 1. The Bertz CT molecular complexity index is 453. The molecular weight excluding hydrogens is 372 g/mol. The van der Waals surface area contributed by atoms with Gasteiger partial charge in [-0.2, -0.15) is 0 Å². The van der Waals surface area contributed by atoms with E-state index in [1.54, 1.807) is 7.11 Å². The molecule has 2 atom stereocenters. The second-order valence-corrected chi connectivity index (χ2v) is 6.70. The third-order valence-electron chi connectivity index (χ3n) is 3.82. The van der Waals surface area contributed by atoms with Gasteiger partial charge in [0.1, 0.15) is 5.75 Å². The van der Waals surface area contributed by atoms with E-state index in [4.69, 9.17) is 4.74 Å². The Hall–Kier alpha value is -0.260. The summed E-state index contributed by atoms with van der Waals surface area (Å²) >= 11 is 7.18. The summed E-state index contributed by atoms with van der Waals surface area (Å²) in [7, 11) is 3.75. The second kappa shape index (κ2) is 6.46. The average Bonchev–Trinajstić information content (AvgIpc) is 2.39. The minimum absolute atomic E-state index is 0.522. The summed E-state index contributed by atoms with van der Waals surface area (Å²) in [5, 5.41) is 3.38. The topological polar surface area (TPSA) is 24.5 Å². The van der Waals surface area contributed by atoms with Crippen molar-refractivity contribution >= 4 is 37.5 Å². The lowest BCUT2D eigenvalue weighted by Crippen LogP contribution is -2.46. The SMILES string of the molecule is CNC1CCN(c2cc(OC)c(Br)cc2Br)C(C)C1. The summed E-state index contributed by atoms with van der Waals surface area (Å²) in [6.45, 7) is 3.35. The number of nitrogens with zero attached hydrogens (tertiary/aromatic N) is 1. The van der Waals surface area contributed by atoms with Crippen LogP contribution in [0.3, 0.4) is 0 Å². The van der Waals surface area contributed by atoms with Gasteiger partial charge in [0.15, 0.2) is 0 Å². The Morgan fingerprint density at radius 1 is 1.32 bits per heavy atom. The van der Waals surface area contributed by atoms with Crippen LogP contribution >= 0.6 is 31.9 Å².